The highest BCUT2D eigenvalue weighted by Crippen LogP contribution is 2.33. The van der Waals surface area contributed by atoms with Gasteiger partial charge in [-0.25, -0.2) is 4.79 Å². The van der Waals surface area contributed by atoms with Crippen LogP contribution >= 0.6 is 11.6 Å². The second-order valence-electron chi connectivity index (χ2n) is 4.23. The minimum absolute atomic E-state index is 0.145. The molecule has 0 saturated carbocycles. The third-order valence-corrected chi connectivity index (χ3v) is 3.34. The number of rotatable bonds is 5. The van der Waals surface area contributed by atoms with Crippen LogP contribution in [0.4, 0.5) is 0 Å². The van der Waals surface area contributed by atoms with Crippen molar-refractivity contribution in [3.8, 4) is 5.75 Å². The molecule has 102 valence electrons. The summed E-state index contributed by atoms with van der Waals surface area (Å²) in [5.41, 5.74) is 0.972. The van der Waals surface area contributed by atoms with E-state index in [4.69, 9.17) is 16.3 Å². The SMILES string of the molecule is CCCn1c(Cl)c(C(=O)O)c2cc(OCC)ccc21. The van der Waals surface area contributed by atoms with Gasteiger partial charge in [0.25, 0.3) is 0 Å². The van der Waals surface area contributed by atoms with Gasteiger partial charge in [-0.2, -0.15) is 0 Å². The van der Waals surface area contributed by atoms with E-state index in [1.165, 1.54) is 0 Å². The van der Waals surface area contributed by atoms with E-state index in [-0.39, 0.29) is 10.7 Å². The number of aryl methyl sites for hydroxylation is 1. The van der Waals surface area contributed by atoms with Crippen LogP contribution in [0.15, 0.2) is 18.2 Å². The molecule has 0 atom stereocenters. The van der Waals surface area contributed by atoms with Crippen LogP contribution in [0, 0.1) is 0 Å². The minimum atomic E-state index is -1.02. The summed E-state index contributed by atoms with van der Waals surface area (Å²) in [6.45, 7) is 5.14. The highest BCUT2D eigenvalue weighted by atomic mass is 35.5. The van der Waals surface area contributed by atoms with Crippen LogP contribution in [0.2, 0.25) is 5.15 Å². The Kier molecular flexibility index (Phi) is 4.00. The Morgan fingerprint density at radius 1 is 1.42 bits per heavy atom. The monoisotopic (exact) mass is 281 g/mol. The van der Waals surface area contributed by atoms with Gasteiger partial charge in [0.1, 0.15) is 16.5 Å². The number of fused-ring (bicyclic) bond motifs is 1. The molecule has 0 amide bonds. The lowest BCUT2D eigenvalue weighted by molar-refractivity contribution is 0.0699. The van der Waals surface area contributed by atoms with Gasteiger partial charge in [-0.15, -0.1) is 0 Å². The predicted octanol–water partition coefficient (Wildman–Crippen LogP) is 3.80. The zero-order valence-corrected chi connectivity index (χ0v) is 11.7. The number of halogens is 1. The Balaban J connectivity index is 2.70. The topological polar surface area (TPSA) is 51.5 Å². The van der Waals surface area contributed by atoms with Crippen molar-refractivity contribution in [3.05, 3.63) is 28.9 Å². The summed E-state index contributed by atoms with van der Waals surface area (Å²) < 4.78 is 7.24. The quantitative estimate of drug-likeness (QED) is 0.907. The van der Waals surface area contributed by atoms with Crippen LogP contribution in [0.5, 0.6) is 5.75 Å². The van der Waals surface area contributed by atoms with Crippen LogP contribution in [-0.2, 0) is 6.54 Å². The largest absolute Gasteiger partial charge is 0.494 e. The smallest absolute Gasteiger partial charge is 0.339 e. The number of carbonyl (C=O) groups is 1. The normalized spacial score (nSPS) is 10.9. The molecule has 19 heavy (non-hydrogen) atoms. The Labute approximate surface area is 116 Å². The van der Waals surface area contributed by atoms with E-state index >= 15 is 0 Å². The Morgan fingerprint density at radius 3 is 2.74 bits per heavy atom. The molecule has 2 aromatic rings. The van der Waals surface area contributed by atoms with Gasteiger partial charge in [-0.05, 0) is 31.5 Å². The molecule has 0 aliphatic carbocycles. The summed E-state index contributed by atoms with van der Waals surface area (Å²) in [7, 11) is 0. The lowest BCUT2D eigenvalue weighted by Gasteiger charge is -2.06. The van der Waals surface area contributed by atoms with E-state index in [1.807, 2.05) is 30.5 Å². The summed E-state index contributed by atoms with van der Waals surface area (Å²) in [5.74, 6) is -0.360. The molecule has 1 aromatic heterocycles. The van der Waals surface area contributed by atoms with Crippen LogP contribution in [-0.4, -0.2) is 22.2 Å². The molecule has 5 heteroatoms. The van der Waals surface area contributed by atoms with Gasteiger partial charge in [0, 0.05) is 11.9 Å². The zero-order valence-electron chi connectivity index (χ0n) is 10.9. The first-order chi connectivity index (χ1) is 9.10. The first-order valence-electron chi connectivity index (χ1n) is 6.28. The van der Waals surface area contributed by atoms with E-state index in [0.717, 1.165) is 11.9 Å². The van der Waals surface area contributed by atoms with Gasteiger partial charge in [-0.1, -0.05) is 18.5 Å². The van der Waals surface area contributed by atoms with Crippen LogP contribution in [0.1, 0.15) is 30.6 Å². The second kappa shape index (κ2) is 5.53. The summed E-state index contributed by atoms with van der Waals surface area (Å²) in [4.78, 5) is 11.4. The number of nitrogens with zero attached hydrogens (tertiary/aromatic N) is 1. The number of aromatic carboxylic acids is 1. The third kappa shape index (κ3) is 2.40. The Bertz CT molecular complexity index is 619. The van der Waals surface area contributed by atoms with E-state index in [2.05, 4.69) is 0 Å². The Hall–Kier alpha value is -1.68. The second-order valence-corrected chi connectivity index (χ2v) is 4.59. The van der Waals surface area contributed by atoms with Crippen LogP contribution in [0.25, 0.3) is 10.9 Å². The summed E-state index contributed by atoms with van der Waals surface area (Å²) in [5, 5.41) is 10.2. The van der Waals surface area contributed by atoms with Crippen molar-refractivity contribution in [1.82, 2.24) is 4.57 Å². The van der Waals surface area contributed by atoms with E-state index in [0.29, 0.717) is 24.3 Å². The third-order valence-electron chi connectivity index (χ3n) is 2.94. The maximum atomic E-state index is 11.4. The number of benzene rings is 1. The minimum Gasteiger partial charge on any atom is -0.494 e. The average molecular weight is 282 g/mol. The summed E-state index contributed by atoms with van der Waals surface area (Å²) in [6.07, 6.45) is 0.885. The van der Waals surface area contributed by atoms with E-state index in [1.54, 1.807) is 6.07 Å². The molecular formula is C14H16ClNO3. The van der Waals surface area contributed by atoms with Gasteiger partial charge in [0.2, 0.25) is 0 Å². The first kappa shape index (κ1) is 13.7. The maximum absolute atomic E-state index is 11.4. The van der Waals surface area contributed by atoms with Crippen molar-refractivity contribution in [3.63, 3.8) is 0 Å². The lowest BCUT2D eigenvalue weighted by Crippen LogP contribution is -1.99. The molecule has 1 N–H and O–H groups in total. The van der Waals surface area contributed by atoms with E-state index in [9.17, 15) is 9.90 Å². The van der Waals surface area contributed by atoms with Crippen LogP contribution < -0.4 is 4.74 Å². The molecule has 0 aliphatic heterocycles. The highest BCUT2D eigenvalue weighted by Gasteiger charge is 2.21. The standard InChI is InChI=1S/C14H16ClNO3/c1-3-7-16-11-6-5-9(19-4-2)8-10(11)12(13(16)15)14(17)18/h5-6,8H,3-4,7H2,1-2H3,(H,17,18). The van der Waals surface area contributed by atoms with Crippen molar-refractivity contribution in [2.24, 2.45) is 0 Å². The highest BCUT2D eigenvalue weighted by molar-refractivity contribution is 6.35. The van der Waals surface area contributed by atoms with Crippen molar-refractivity contribution in [1.29, 1.82) is 0 Å². The molecule has 0 fully saturated rings. The van der Waals surface area contributed by atoms with Gasteiger partial charge in [0.05, 0.1) is 12.1 Å². The zero-order chi connectivity index (χ0) is 14.0. The fourth-order valence-corrected chi connectivity index (χ4v) is 2.56. The summed E-state index contributed by atoms with van der Waals surface area (Å²) in [6, 6.07) is 5.43. The molecule has 0 unspecified atom stereocenters. The molecule has 1 aromatic carbocycles. The number of carboxylic acids is 1. The molecule has 0 aliphatic rings. The van der Waals surface area contributed by atoms with Gasteiger partial charge >= 0.3 is 5.97 Å². The van der Waals surface area contributed by atoms with Gasteiger partial charge < -0.3 is 14.4 Å². The molecule has 4 nitrogen and oxygen atoms in total. The van der Waals surface area contributed by atoms with Crippen molar-refractivity contribution in [2.45, 2.75) is 26.8 Å². The fourth-order valence-electron chi connectivity index (χ4n) is 2.20. The molecule has 0 saturated heterocycles. The predicted molar refractivity (Wildman–Crippen MR) is 75.4 cm³/mol. The molecular weight excluding hydrogens is 266 g/mol. The number of carboxylic acid groups (broad SMARTS) is 1. The molecule has 2 rings (SSSR count). The summed E-state index contributed by atoms with van der Waals surface area (Å²) >= 11 is 6.20. The van der Waals surface area contributed by atoms with Gasteiger partial charge in [-0.3, -0.25) is 0 Å². The number of hydrogen-bond acceptors (Lipinski definition) is 2. The average Bonchev–Trinajstić information content (AvgIpc) is 2.63. The molecule has 0 radical (unpaired) electrons. The Morgan fingerprint density at radius 2 is 2.16 bits per heavy atom. The van der Waals surface area contributed by atoms with E-state index < -0.39 is 5.97 Å². The molecule has 0 spiro atoms. The first-order valence-corrected chi connectivity index (χ1v) is 6.65. The molecule has 1 heterocycles. The number of aromatic nitrogens is 1. The molecule has 0 bridgehead atoms. The lowest BCUT2D eigenvalue weighted by atomic mass is 10.1. The number of hydrogen-bond donors (Lipinski definition) is 1. The van der Waals surface area contributed by atoms with Crippen molar-refractivity contribution < 1.29 is 14.6 Å². The number of ether oxygens (including phenoxy) is 1. The van der Waals surface area contributed by atoms with Crippen molar-refractivity contribution in [2.75, 3.05) is 6.61 Å². The fraction of sp³-hybridized carbons (Fsp3) is 0.357. The maximum Gasteiger partial charge on any atom is 0.339 e. The van der Waals surface area contributed by atoms with Crippen LogP contribution in [0.3, 0.4) is 0 Å². The van der Waals surface area contributed by atoms with Gasteiger partial charge in [0.15, 0.2) is 0 Å². The van der Waals surface area contributed by atoms with Crippen molar-refractivity contribution >= 4 is 28.5 Å².